The molecule has 0 aromatic rings. The molecule has 0 aliphatic heterocycles. The maximum atomic E-state index is 11.5. The third-order valence-corrected chi connectivity index (χ3v) is 9.87. The van der Waals surface area contributed by atoms with E-state index in [1.165, 1.54) is 57.8 Å². The van der Waals surface area contributed by atoms with Crippen molar-refractivity contribution in [3.05, 3.63) is 23.8 Å². The highest BCUT2D eigenvalue weighted by Crippen LogP contribution is 2.67. The second kappa shape index (κ2) is 7.29. The molecule has 1 nitrogen and oxygen atoms in total. The van der Waals surface area contributed by atoms with Gasteiger partial charge in [0.2, 0.25) is 0 Å². The van der Waals surface area contributed by atoms with E-state index < -0.39 is 5.60 Å². The number of rotatable bonds is 5. The van der Waals surface area contributed by atoms with Crippen molar-refractivity contribution in [3.63, 3.8) is 0 Å². The van der Waals surface area contributed by atoms with Gasteiger partial charge in [0, 0.05) is 0 Å². The summed E-state index contributed by atoms with van der Waals surface area (Å²) in [6, 6.07) is 0. The molecule has 0 radical (unpaired) electrons. The fourth-order valence-corrected chi connectivity index (χ4v) is 8.36. The first-order chi connectivity index (χ1) is 13.2. The van der Waals surface area contributed by atoms with Crippen LogP contribution in [0.4, 0.5) is 0 Å². The summed E-state index contributed by atoms with van der Waals surface area (Å²) in [5, 5.41) is 11.5. The molecule has 1 heteroatoms. The first kappa shape index (κ1) is 20.7. The third kappa shape index (κ3) is 3.24. The second-order valence-electron chi connectivity index (χ2n) is 11.9. The summed E-state index contributed by atoms with van der Waals surface area (Å²) in [7, 11) is 0. The monoisotopic (exact) mass is 384 g/mol. The molecule has 28 heavy (non-hydrogen) atoms. The largest absolute Gasteiger partial charge is 0.390 e. The Bertz CT molecular complexity index is 641. The molecular formula is C27H44O. The van der Waals surface area contributed by atoms with Gasteiger partial charge in [-0.25, -0.2) is 0 Å². The SMILES string of the molecule is CC(C)CCC[C@](C)(O)C1CCC2C3CC=C4C=CCC[C@]4(C)C3CC[C@@]21C. The van der Waals surface area contributed by atoms with E-state index in [1.54, 1.807) is 5.57 Å². The van der Waals surface area contributed by atoms with Crippen LogP contribution in [0.5, 0.6) is 0 Å². The van der Waals surface area contributed by atoms with Crippen molar-refractivity contribution < 1.29 is 5.11 Å². The number of hydrogen-bond donors (Lipinski definition) is 1. The predicted octanol–water partition coefficient (Wildman–Crippen LogP) is 7.31. The summed E-state index contributed by atoms with van der Waals surface area (Å²) in [6.45, 7) is 11.9. The predicted molar refractivity (Wildman–Crippen MR) is 119 cm³/mol. The first-order valence-electron chi connectivity index (χ1n) is 12.3. The van der Waals surface area contributed by atoms with Crippen molar-refractivity contribution >= 4 is 0 Å². The van der Waals surface area contributed by atoms with Crippen LogP contribution < -0.4 is 0 Å². The third-order valence-electron chi connectivity index (χ3n) is 9.87. The minimum absolute atomic E-state index is 0.342. The second-order valence-corrected chi connectivity index (χ2v) is 11.9. The Morgan fingerprint density at radius 1 is 1.14 bits per heavy atom. The van der Waals surface area contributed by atoms with Crippen LogP contribution in [0.3, 0.4) is 0 Å². The minimum Gasteiger partial charge on any atom is -0.390 e. The van der Waals surface area contributed by atoms with Gasteiger partial charge in [-0.05, 0) is 104 Å². The molecule has 158 valence electrons. The molecule has 0 saturated heterocycles. The molecule has 0 aromatic carbocycles. The Balaban J connectivity index is 1.54. The van der Waals surface area contributed by atoms with Crippen LogP contribution in [0.1, 0.15) is 98.8 Å². The number of hydrogen-bond acceptors (Lipinski definition) is 1. The zero-order chi connectivity index (χ0) is 20.2. The minimum atomic E-state index is -0.488. The van der Waals surface area contributed by atoms with Crippen molar-refractivity contribution in [1.29, 1.82) is 0 Å². The van der Waals surface area contributed by atoms with Gasteiger partial charge in [0.25, 0.3) is 0 Å². The van der Waals surface area contributed by atoms with Gasteiger partial charge in [0.15, 0.2) is 0 Å². The Hall–Kier alpha value is -0.560. The Morgan fingerprint density at radius 3 is 2.68 bits per heavy atom. The van der Waals surface area contributed by atoms with Gasteiger partial charge >= 0.3 is 0 Å². The summed E-state index contributed by atoms with van der Waals surface area (Å²) in [4.78, 5) is 0. The maximum absolute atomic E-state index is 11.5. The van der Waals surface area contributed by atoms with Crippen LogP contribution in [-0.2, 0) is 0 Å². The van der Waals surface area contributed by atoms with E-state index in [2.05, 4.69) is 52.8 Å². The molecule has 2 saturated carbocycles. The van der Waals surface area contributed by atoms with E-state index in [1.807, 2.05) is 0 Å². The topological polar surface area (TPSA) is 20.2 Å². The van der Waals surface area contributed by atoms with Crippen LogP contribution in [0.25, 0.3) is 0 Å². The van der Waals surface area contributed by atoms with Crippen molar-refractivity contribution in [1.82, 2.24) is 0 Å². The number of allylic oxidation sites excluding steroid dienone is 4. The van der Waals surface area contributed by atoms with Gasteiger partial charge in [-0.3, -0.25) is 0 Å². The molecule has 0 bridgehead atoms. The van der Waals surface area contributed by atoms with Gasteiger partial charge in [0.1, 0.15) is 0 Å². The van der Waals surface area contributed by atoms with E-state index in [0.29, 0.717) is 16.7 Å². The molecular weight excluding hydrogens is 340 g/mol. The zero-order valence-corrected chi connectivity index (χ0v) is 19.1. The highest BCUT2D eigenvalue weighted by Gasteiger charge is 2.60. The smallest absolute Gasteiger partial charge is 0.0653 e. The average Bonchev–Trinajstić information content (AvgIpc) is 2.99. The molecule has 0 spiro atoms. The van der Waals surface area contributed by atoms with Crippen LogP contribution >= 0.6 is 0 Å². The molecule has 4 aliphatic carbocycles. The van der Waals surface area contributed by atoms with Crippen molar-refractivity contribution in [3.8, 4) is 0 Å². The number of fused-ring (bicyclic) bond motifs is 5. The van der Waals surface area contributed by atoms with Crippen LogP contribution in [0.2, 0.25) is 0 Å². The zero-order valence-electron chi connectivity index (χ0n) is 19.1. The fraction of sp³-hybridized carbons (Fsp3) is 0.852. The first-order valence-corrected chi connectivity index (χ1v) is 12.3. The van der Waals surface area contributed by atoms with Crippen LogP contribution in [0, 0.1) is 40.4 Å². The molecule has 4 aliphatic rings. The van der Waals surface area contributed by atoms with Gasteiger partial charge in [-0.15, -0.1) is 0 Å². The normalized spacial score (nSPS) is 44.5. The molecule has 0 amide bonds. The van der Waals surface area contributed by atoms with Crippen LogP contribution in [0.15, 0.2) is 23.8 Å². The maximum Gasteiger partial charge on any atom is 0.0653 e. The molecule has 4 unspecified atom stereocenters. The standard InChI is InChI=1S/C27H44O/c1-19(2)9-8-17-27(5,28)24-14-13-22-21-12-11-20-10-6-7-16-25(20,3)23(21)15-18-26(22,24)4/h6,10-11,19,21-24,28H,7-9,12-18H2,1-5H3/t21?,22?,23?,24?,25-,26-,27-/m0/s1. The quantitative estimate of drug-likeness (QED) is 0.527. The lowest BCUT2D eigenvalue weighted by molar-refractivity contribution is -0.102. The summed E-state index contributed by atoms with van der Waals surface area (Å²) >= 11 is 0. The van der Waals surface area contributed by atoms with E-state index in [0.717, 1.165) is 30.1 Å². The lowest BCUT2D eigenvalue weighted by Crippen LogP contribution is -2.52. The molecule has 2 fully saturated rings. The highest BCUT2D eigenvalue weighted by atomic mass is 16.3. The molecule has 0 heterocycles. The lowest BCUT2D eigenvalue weighted by Gasteiger charge is -2.58. The van der Waals surface area contributed by atoms with E-state index >= 15 is 0 Å². The van der Waals surface area contributed by atoms with Gasteiger partial charge in [-0.1, -0.05) is 58.8 Å². The Morgan fingerprint density at radius 2 is 1.93 bits per heavy atom. The average molecular weight is 385 g/mol. The summed E-state index contributed by atoms with van der Waals surface area (Å²) in [5.41, 5.74) is 1.91. The lowest BCUT2D eigenvalue weighted by atomic mass is 9.47. The highest BCUT2D eigenvalue weighted by molar-refractivity contribution is 5.34. The van der Waals surface area contributed by atoms with Crippen LogP contribution in [-0.4, -0.2) is 10.7 Å². The van der Waals surface area contributed by atoms with Crippen molar-refractivity contribution in [2.45, 2.75) is 104 Å². The summed E-state index contributed by atoms with van der Waals surface area (Å²) in [6.07, 6.45) is 20.0. The van der Waals surface area contributed by atoms with Crippen molar-refractivity contribution in [2.24, 2.45) is 40.4 Å². The fourth-order valence-electron chi connectivity index (χ4n) is 8.36. The van der Waals surface area contributed by atoms with E-state index in [-0.39, 0.29) is 0 Å². The summed E-state index contributed by atoms with van der Waals surface area (Å²) < 4.78 is 0. The van der Waals surface area contributed by atoms with Gasteiger partial charge in [0.05, 0.1) is 5.60 Å². The van der Waals surface area contributed by atoms with Crippen molar-refractivity contribution in [2.75, 3.05) is 0 Å². The molecule has 0 aromatic heterocycles. The Labute approximate surface area is 174 Å². The van der Waals surface area contributed by atoms with E-state index in [4.69, 9.17) is 0 Å². The molecule has 1 N–H and O–H groups in total. The molecule has 7 atom stereocenters. The molecule has 4 rings (SSSR count). The van der Waals surface area contributed by atoms with Gasteiger partial charge < -0.3 is 5.11 Å². The summed E-state index contributed by atoms with van der Waals surface area (Å²) in [5.74, 6) is 3.75. The van der Waals surface area contributed by atoms with Gasteiger partial charge in [-0.2, -0.15) is 0 Å². The number of aliphatic hydroxyl groups is 1. The van der Waals surface area contributed by atoms with E-state index in [9.17, 15) is 5.11 Å². The Kier molecular flexibility index (Phi) is 5.39.